The van der Waals surface area contributed by atoms with Gasteiger partial charge in [-0.05, 0) is 12.8 Å². The summed E-state index contributed by atoms with van der Waals surface area (Å²) in [4.78, 5) is 2.13. The summed E-state index contributed by atoms with van der Waals surface area (Å²) in [6.07, 6.45) is 4.14. The molecule has 0 atom stereocenters. The van der Waals surface area contributed by atoms with E-state index in [2.05, 4.69) is 11.0 Å². The number of aliphatic hydroxyl groups is 1. The van der Waals surface area contributed by atoms with Crippen molar-refractivity contribution in [3.8, 4) is 6.07 Å². The van der Waals surface area contributed by atoms with E-state index in [-0.39, 0.29) is 11.6 Å². The van der Waals surface area contributed by atoms with Crippen LogP contribution in [-0.4, -0.2) is 34.7 Å². The van der Waals surface area contributed by atoms with Gasteiger partial charge in [0.15, 0.2) is 0 Å². The summed E-state index contributed by atoms with van der Waals surface area (Å²) in [7, 11) is 0. The van der Waals surface area contributed by atoms with Gasteiger partial charge in [0.2, 0.25) is 0 Å². The smallest absolute Gasteiger partial charge is 0.109 e. The van der Waals surface area contributed by atoms with Crippen molar-refractivity contribution < 1.29 is 5.11 Å². The fourth-order valence-electron chi connectivity index (χ4n) is 2.26. The minimum absolute atomic E-state index is 0.184. The Morgan fingerprint density at radius 3 is 2.33 bits per heavy atom. The lowest BCUT2D eigenvalue weighted by atomic mass is 9.92. The molecule has 0 unspecified atom stereocenters. The predicted molar refractivity (Wildman–Crippen MR) is 44.4 cm³/mol. The summed E-state index contributed by atoms with van der Waals surface area (Å²) in [5.74, 6) is 0. The Morgan fingerprint density at radius 2 is 1.92 bits per heavy atom. The molecule has 0 radical (unpaired) electrons. The lowest BCUT2D eigenvalue weighted by Crippen LogP contribution is -2.60. The maximum Gasteiger partial charge on any atom is 0.109 e. The number of hydrogen-bond acceptors (Lipinski definition) is 3. The second kappa shape index (κ2) is 2.72. The molecule has 0 aromatic carbocycles. The first-order valence-corrected chi connectivity index (χ1v) is 4.61. The van der Waals surface area contributed by atoms with Gasteiger partial charge in [0.1, 0.15) is 5.54 Å². The van der Waals surface area contributed by atoms with Crippen LogP contribution in [0.1, 0.15) is 25.7 Å². The van der Waals surface area contributed by atoms with Crippen LogP contribution in [0.25, 0.3) is 0 Å². The van der Waals surface area contributed by atoms with Crippen LogP contribution in [0.15, 0.2) is 0 Å². The third kappa shape index (κ3) is 1.03. The molecular weight excluding hydrogens is 152 g/mol. The summed E-state index contributed by atoms with van der Waals surface area (Å²) in [5.41, 5.74) is -0.209. The van der Waals surface area contributed by atoms with E-state index in [1.807, 2.05) is 0 Å². The number of likely N-dealkylation sites (tertiary alicyclic amines) is 1. The first kappa shape index (κ1) is 8.03. The largest absolute Gasteiger partial charge is 0.390 e. The molecule has 0 aromatic heterocycles. The topological polar surface area (TPSA) is 47.3 Å². The predicted octanol–water partition coefficient (Wildman–Crippen LogP) is 0.499. The van der Waals surface area contributed by atoms with Crippen molar-refractivity contribution in [2.45, 2.75) is 37.3 Å². The Hall–Kier alpha value is -0.590. The molecule has 12 heavy (non-hydrogen) atoms. The van der Waals surface area contributed by atoms with Crippen LogP contribution in [0, 0.1) is 11.3 Å². The zero-order chi connectivity index (χ0) is 8.60. The number of β-amino-alcohol motifs (C(OH)–C–C–N with tert-alkyl or cyclic N) is 1. The van der Waals surface area contributed by atoms with Crippen molar-refractivity contribution in [3.05, 3.63) is 0 Å². The van der Waals surface area contributed by atoms with E-state index in [0.29, 0.717) is 13.1 Å². The van der Waals surface area contributed by atoms with Gasteiger partial charge in [-0.15, -0.1) is 0 Å². The Morgan fingerprint density at radius 1 is 1.33 bits per heavy atom. The molecule has 1 saturated heterocycles. The Balaban J connectivity index is 2.04. The normalized spacial score (nSPS) is 29.7. The summed E-state index contributed by atoms with van der Waals surface area (Å²) in [6.45, 7) is 1.40. The van der Waals surface area contributed by atoms with Gasteiger partial charge < -0.3 is 5.11 Å². The SMILES string of the molecule is N#CC1(N2CC(O)C2)CCCC1. The third-order valence-corrected chi connectivity index (χ3v) is 3.11. The fourth-order valence-corrected chi connectivity index (χ4v) is 2.26. The molecule has 66 valence electrons. The molecule has 0 aromatic rings. The molecule has 1 aliphatic heterocycles. The van der Waals surface area contributed by atoms with Crippen molar-refractivity contribution in [2.24, 2.45) is 0 Å². The standard InChI is InChI=1S/C9H14N2O/c10-7-9(3-1-2-4-9)11-5-8(12)6-11/h8,12H,1-6H2. The molecule has 1 N–H and O–H groups in total. The molecule has 3 nitrogen and oxygen atoms in total. The summed E-state index contributed by atoms with van der Waals surface area (Å²) >= 11 is 0. The summed E-state index contributed by atoms with van der Waals surface area (Å²) in [5, 5.41) is 18.2. The number of rotatable bonds is 1. The number of hydrogen-bond donors (Lipinski definition) is 1. The highest BCUT2D eigenvalue weighted by Gasteiger charge is 2.45. The zero-order valence-electron chi connectivity index (χ0n) is 7.16. The Labute approximate surface area is 72.6 Å². The van der Waals surface area contributed by atoms with Gasteiger partial charge in [-0.2, -0.15) is 5.26 Å². The molecule has 1 saturated carbocycles. The Bertz CT molecular complexity index is 209. The van der Waals surface area contributed by atoms with E-state index in [0.717, 1.165) is 12.8 Å². The maximum atomic E-state index is 9.14. The maximum absolute atomic E-state index is 9.14. The first-order valence-electron chi connectivity index (χ1n) is 4.61. The van der Waals surface area contributed by atoms with E-state index < -0.39 is 0 Å². The average Bonchev–Trinajstić information content (AvgIpc) is 2.48. The van der Waals surface area contributed by atoms with Crippen LogP contribution >= 0.6 is 0 Å². The van der Waals surface area contributed by atoms with E-state index in [1.54, 1.807) is 0 Å². The van der Waals surface area contributed by atoms with Crippen LogP contribution in [0.5, 0.6) is 0 Å². The van der Waals surface area contributed by atoms with Crippen molar-refractivity contribution >= 4 is 0 Å². The summed E-state index contributed by atoms with van der Waals surface area (Å²) < 4.78 is 0. The van der Waals surface area contributed by atoms with E-state index in [1.165, 1.54) is 12.8 Å². The molecular formula is C9H14N2O. The molecule has 2 fully saturated rings. The quantitative estimate of drug-likeness (QED) is 0.617. The van der Waals surface area contributed by atoms with Crippen molar-refractivity contribution in [1.29, 1.82) is 5.26 Å². The highest BCUT2D eigenvalue weighted by molar-refractivity contribution is 5.13. The minimum Gasteiger partial charge on any atom is -0.390 e. The molecule has 1 heterocycles. The van der Waals surface area contributed by atoms with Gasteiger partial charge in [-0.3, -0.25) is 4.90 Å². The molecule has 1 aliphatic carbocycles. The number of nitrogens with zero attached hydrogens (tertiary/aromatic N) is 2. The van der Waals surface area contributed by atoms with Crippen molar-refractivity contribution in [1.82, 2.24) is 4.90 Å². The van der Waals surface area contributed by atoms with Crippen LogP contribution in [-0.2, 0) is 0 Å². The Kier molecular flexibility index (Phi) is 1.82. The van der Waals surface area contributed by atoms with Gasteiger partial charge in [-0.1, -0.05) is 12.8 Å². The molecule has 3 heteroatoms. The average molecular weight is 166 g/mol. The zero-order valence-corrected chi connectivity index (χ0v) is 7.16. The van der Waals surface area contributed by atoms with E-state index in [9.17, 15) is 0 Å². The highest BCUT2D eigenvalue weighted by Crippen LogP contribution is 2.37. The molecule has 0 spiro atoms. The first-order chi connectivity index (χ1) is 5.77. The van der Waals surface area contributed by atoms with Gasteiger partial charge in [0.05, 0.1) is 12.2 Å². The van der Waals surface area contributed by atoms with Crippen LogP contribution in [0.4, 0.5) is 0 Å². The highest BCUT2D eigenvalue weighted by atomic mass is 16.3. The molecule has 2 rings (SSSR count). The van der Waals surface area contributed by atoms with Gasteiger partial charge in [-0.25, -0.2) is 0 Å². The number of aliphatic hydroxyl groups excluding tert-OH is 1. The molecule has 0 amide bonds. The van der Waals surface area contributed by atoms with Gasteiger partial charge in [0.25, 0.3) is 0 Å². The third-order valence-electron chi connectivity index (χ3n) is 3.11. The number of nitriles is 1. The fraction of sp³-hybridized carbons (Fsp3) is 0.889. The van der Waals surface area contributed by atoms with Gasteiger partial charge in [0, 0.05) is 13.1 Å². The van der Waals surface area contributed by atoms with Crippen LogP contribution < -0.4 is 0 Å². The van der Waals surface area contributed by atoms with E-state index >= 15 is 0 Å². The van der Waals surface area contributed by atoms with Crippen molar-refractivity contribution in [3.63, 3.8) is 0 Å². The van der Waals surface area contributed by atoms with Crippen molar-refractivity contribution in [2.75, 3.05) is 13.1 Å². The molecule has 0 bridgehead atoms. The monoisotopic (exact) mass is 166 g/mol. The van der Waals surface area contributed by atoms with E-state index in [4.69, 9.17) is 10.4 Å². The van der Waals surface area contributed by atoms with Crippen LogP contribution in [0.3, 0.4) is 0 Å². The second-order valence-corrected chi connectivity index (χ2v) is 3.91. The molecule has 2 aliphatic rings. The lowest BCUT2D eigenvalue weighted by molar-refractivity contribution is -0.0456. The summed E-state index contributed by atoms with van der Waals surface area (Å²) in [6, 6.07) is 2.41. The second-order valence-electron chi connectivity index (χ2n) is 3.91. The van der Waals surface area contributed by atoms with Crippen LogP contribution in [0.2, 0.25) is 0 Å². The lowest BCUT2D eigenvalue weighted by Gasteiger charge is -2.45. The minimum atomic E-state index is -0.209. The van der Waals surface area contributed by atoms with Gasteiger partial charge >= 0.3 is 0 Å².